The summed E-state index contributed by atoms with van der Waals surface area (Å²) >= 11 is 2.71. The van der Waals surface area contributed by atoms with Crippen molar-refractivity contribution in [3.63, 3.8) is 0 Å². The molecule has 0 radical (unpaired) electrons. The zero-order chi connectivity index (χ0) is 22.0. The maximum atomic E-state index is 5.81. The van der Waals surface area contributed by atoms with Crippen LogP contribution in [0.5, 0.6) is 0 Å². The van der Waals surface area contributed by atoms with E-state index in [1.807, 2.05) is 0 Å². The molecule has 2 heterocycles. The largest absolute Gasteiger partial charge is 0.494 e. The number of fused-ring (bicyclic) bond motifs is 3. The summed E-state index contributed by atoms with van der Waals surface area (Å²) in [6.45, 7) is 4.94. The maximum absolute atomic E-state index is 5.81. The van der Waals surface area contributed by atoms with Gasteiger partial charge in [-0.25, -0.2) is 0 Å². The minimum atomic E-state index is -0.241. The SMILES string of the molecule is CCCCCCCCC1(I)c2cc(B3OCCO3)ccc2-c2ccc(B3OCCO3)cc21. The Morgan fingerprint density at radius 1 is 0.719 bits per heavy atom. The molecule has 32 heavy (non-hydrogen) atoms. The second kappa shape index (κ2) is 10.2. The van der Waals surface area contributed by atoms with E-state index in [9.17, 15) is 0 Å². The number of unbranched alkanes of at least 4 members (excludes halogenated alkanes) is 5. The molecule has 7 heteroatoms. The molecule has 168 valence electrons. The minimum absolute atomic E-state index is 0.0591. The first-order valence-electron chi connectivity index (χ1n) is 12.2. The van der Waals surface area contributed by atoms with Gasteiger partial charge in [-0.15, -0.1) is 0 Å². The van der Waals surface area contributed by atoms with Crippen LogP contribution in [0.3, 0.4) is 0 Å². The van der Waals surface area contributed by atoms with Crippen molar-refractivity contribution in [2.24, 2.45) is 0 Å². The van der Waals surface area contributed by atoms with Gasteiger partial charge in [0.05, 0.1) is 29.8 Å². The van der Waals surface area contributed by atoms with Crippen LogP contribution in [0, 0.1) is 0 Å². The van der Waals surface area contributed by atoms with Crippen LogP contribution in [-0.4, -0.2) is 40.7 Å². The Morgan fingerprint density at radius 3 is 1.69 bits per heavy atom. The van der Waals surface area contributed by atoms with Crippen molar-refractivity contribution in [3.05, 3.63) is 47.5 Å². The van der Waals surface area contributed by atoms with Gasteiger partial charge in [0, 0.05) is 0 Å². The van der Waals surface area contributed by atoms with Gasteiger partial charge in [-0.2, -0.15) is 0 Å². The van der Waals surface area contributed by atoms with Crippen LogP contribution in [0.4, 0.5) is 0 Å². The number of hydrogen-bond acceptors (Lipinski definition) is 4. The first-order valence-corrected chi connectivity index (χ1v) is 13.2. The lowest BCUT2D eigenvalue weighted by molar-refractivity contribution is 0.365. The van der Waals surface area contributed by atoms with Gasteiger partial charge in [-0.1, -0.05) is 104 Å². The molecule has 2 fully saturated rings. The second-order valence-corrected chi connectivity index (χ2v) is 10.9. The molecule has 2 saturated heterocycles. The van der Waals surface area contributed by atoms with Crippen LogP contribution in [-0.2, 0) is 22.0 Å². The summed E-state index contributed by atoms with van der Waals surface area (Å²) in [4.78, 5) is 0. The monoisotopic (exact) mass is 544 g/mol. The van der Waals surface area contributed by atoms with Crippen LogP contribution in [0.15, 0.2) is 36.4 Å². The van der Waals surface area contributed by atoms with E-state index >= 15 is 0 Å². The van der Waals surface area contributed by atoms with Crippen LogP contribution < -0.4 is 10.9 Å². The molecule has 0 unspecified atom stereocenters. The molecule has 0 amide bonds. The van der Waals surface area contributed by atoms with Crippen molar-refractivity contribution in [2.45, 2.75) is 55.3 Å². The van der Waals surface area contributed by atoms with Crippen molar-refractivity contribution in [3.8, 4) is 11.1 Å². The fourth-order valence-corrected chi connectivity index (χ4v) is 6.48. The molecule has 0 N–H and O–H groups in total. The fourth-order valence-electron chi connectivity index (χ4n) is 5.21. The lowest BCUT2D eigenvalue weighted by Gasteiger charge is -2.26. The summed E-state index contributed by atoms with van der Waals surface area (Å²) in [5.41, 5.74) is 7.71. The maximum Gasteiger partial charge on any atom is 0.494 e. The molecule has 2 aliphatic heterocycles. The van der Waals surface area contributed by atoms with E-state index in [0.29, 0.717) is 26.4 Å². The van der Waals surface area contributed by atoms with Gasteiger partial charge in [-0.05, 0) is 39.6 Å². The quantitative estimate of drug-likeness (QED) is 0.201. The zero-order valence-electron chi connectivity index (χ0n) is 18.9. The third-order valence-corrected chi connectivity index (χ3v) is 8.60. The number of benzene rings is 2. The van der Waals surface area contributed by atoms with E-state index in [1.54, 1.807) is 0 Å². The normalized spacial score (nSPS) is 18.9. The van der Waals surface area contributed by atoms with Crippen LogP contribution >= 0.6 is 22.6 Å². The summed E-state index contributed by atoms with van der Waals surface area (Å²) in [5.74, 6) is 0. The highest BCUT2D eigenvalue weighted by Gasteiger charge is 2.43. The average Bonchev–Trinajstić information content (AvgIpc) is 3.58. The molecule has 4 nitrogen and oxygen atoms in total. The van der Waals surface area contributed by atoms with Gasteiger partial charge < -0.3 is 18.6 Å². The van der Waals surface area contributed by atoms with E-state index in [1.165, 1.54) is 60.8 Å². The van der Waals surface area contributed by atoms with Crippen LogP contribution in [0.2, 0.25) is 0 Å². The molecule has 2 aromatic carbocycles. The first-order chi connectivity index (χ1) is 15.7. The van der Waals surface area contributed by atoms with E-state index in [0.717, 1.165) is 17.3 Å². The summed E-state index contributed by atoms with van der Waals surface area (Å²) < 4.78 is 23.2. The summed E-state index contributed by atoms with van der Waals surface area (Å²) in [7, 11) is -0.482. The molecule has 0 spiro atoms. The number of alkyl halides is 1. The van der Waals surface area contributed by atoms with Gasteiger partial charge in [0.15, 0.2) is 0 Å². The van der Waals surface area contributed by atoms with Crippen molar-refractivity contribution < 1.29 is 18.6 Å². The molecule has 3 aliphatic rings. The van der Waals surface area contributed by atoms with Crippen molar-refractivity contribution >= 4 is 47.8 Å². The van der Waals surface area contributed by atoms with Crippen LogP contribution in [0.1, 0.15) is 63.0 Å². The molecule has 0 atom stereocenters. The average molecular weight is 544 g/mol. The Hall–Kier alpha value is -0.860. The molecule has 0 saturated carbocycles. The van der Waals surface area contributed by atoms with Crippen molar-refractivity contribution in [1.29, 1.82) is 0 Å². The molecule has 0 aromatic heterocycles. The number of rotatable bonds is 9. The number of halogens is 1. The standard InChI is InChI=1S/C25H31B2IO4/c1-2-3-4-5-6-7-12-25(28)23-17-19(26-29-13-14-30-26)8-10-21(23)22-11-9-20(18-24(22)25)27-31-15-16-32-27/h8-11,17-18H,2-7,12-16H2,1H3. The van der Waals surface area contributed by atoms with Crippen LogP contribution in [0.25, 0.3) is 11.1 Å². The second-order valence-electron chi connectivity index (χ2n) is 9.08. The highest BCUT2D eigenvalue weighted by Crippen LogP contribution is 2.55. The zero-order valence-corrected chi connectivity index (χ0v) is 21.1. The first kappa shape index (κ1) is 22.9. The molecule has 1 aliphatic carbocycles. The highest BCUT2D eigenvalue weighted by atomic mass is 127. The summed E-state index contributed by atoms with van der Waals surface area (Å²) in [5, 5.41) is 0. The summed E-state index contributed by atoms with van der Waals surface area (Å²) in [6.07, 6.45) is 8.96. The van der Waals surface area contributed by atoms with E-state index in [2.05, 4.69) is 65.9 Å². The third-order valence-electron chi connectivity index (χ3n) is 6.89. The van der Waals surface area contributed by atoms with Crippen molar-refractivity contribution in [1.82, 2.24) is 0 Å². The number of hydrogen-bond donors (Lipinski definition) is 0. The highest BCUT2D eigenvalue weighted by molar-refractivity contribution is 14.1. The molecule has 2 aromatic rings. The Kier molecular flexibility index (Phi) is 7.29. The molecular weight excluding hydrogens is 513 g/mol. The third kappa shape index (κ3) is 4.43. The van der Waals surface area contributed by atoms with Gasteiger partial charge in [0.1, 0.15) is 0 Å². The topological polar surface area (TPSA) is 36.9 Å². The van der Waals surface area contributed by atoms with E-state index in [4.69, 9.17) is 18.6 Å². The van der Waals surface area contributed by atoms with Gasteiger partial charge in [-0.3, -0.25) is 0 Å². The predicted molar refractivity (Wildman–Crippen MR) is 139 cm³/mol. The van der Waals surface area contributed by atoms with E-state index < -0.39 is 0 Å². The smallest absolute Gasteiger partial charge is 0.405 e. The molecular formula is C25H31B2IO4. The Labute approximate surface area is 206 Å². The molecule has 5 rings (SSSR count). The lowest BCUT2D eigenvalue weighted by Crippen LogP contribution is -2.33. The lowest BCUT2D eigenvalue weighted by atomic mass is 9.76. The van der Waals surface area contributed by atoms with Gasteiger partial charge in [0.25, 0.3) is 0 Å². The van der Waals surface area contributed by atoms with Crippen molar-refractivity contribution in [2.75, 3.05) is 26.4 Å². The Balaban J connectivity index is 1.46. The minimum Gasteiger partial charge on any atom is -0.405 e. The van der Waals surface area contributed by atoms with Gasteiger partial charge >= 0.3 is 14.2 Å². The summed E-state index contributed by atoms with van der Waals surface area (Å²) in [6, 6.07) is 13.5. The van der Waals surface area contributed by atoms with E-state index in [-0.39, 0.29) is 17.7 Å². The van der Waals surface area contributed by atoms with Gasteiger partial charge in [0.2, 0.25) is 0 Å². The fraction of sp³-hybridized carbons (Fsp3) is 0.520. The Morgan fingerprint density at radius 2 is 1.19 bits per heavy atom. The molecule has 0 bridgehead atoms. The Bertz CT molecular complexity index is 876. The predicted octanol–water partition coefficient (Wildman–Crippen LogP) is 4.58.